The van der Waals surface area contributed by atoms with Gasteiger partial charge >= 0.3 is 0 Å². The molecule has 0 bridgehead atoms. The van der Waals surface area contributed by atoms with Crippen molar-refractivity contribution in [3.05, 3.63) is 11.6 Å². The molecule has 0 aliphatic rings. The average Bonchev–Trinajstić information content (AvgIpc) is 2.17. The van der Waals surface area contributed by atoms with Gasteiger partial charge in [-0.3, -0.25) is 4.79 Å². The Balaban J connectivity index is 3.64. The highest BCUT2D eigenvalue weighted by Gasteiger charge is 1.93. The Kier molecular flexibility index (Phi) is 8.52. The molecule has 0 saturated carbocycles. The molecule has 0 unspecified atom stereocenters. The van der Waals surface area contributed by atoms with Crippen molar-refractivity contribution in [3.63, 3.8) is 0 Å². The summed E-state index contributed by atoms with van der Waals surface area (Å²) in [4.78, 5) is 20.5. The van der Waals surface area contributed by atoms with E-state index in [1.54, 1.807) is 0 Å². The molecule has 13 heavy (non-hydrogen) atoms. The minimum Gasteiger partial charge on any atom is -0.303 e. The van der Waals surface area contributed by atoms with Crippen LogP contribution in [0.25, 0.3) is 0 Å². The first-order valence-corrected chi connectivity index (χ1v) is 4.93. The van der Waals surface area contributed by atoms with Gasteiger partial charge in [-0.05, 0) is 24.8 Å². The molecule has 74 valence electrons. The van der Waals surface area contributed by atoms with Crippen LogP contribution in [0.4, 0.5) is 0 Å². The van der Waals surface area contributed by atoms with Crippen LogP contribution in [0.2, 0.25) is 0 Å². The van der Waals surface area contributed by atoms with Gasteiger partial charge in [-0.2, -0.15) is 0 Å². The zero-order valence-corrected chi connectivity index (χ0v) is 8.29. The molecule has 0 fully saturated rings. The van der Waals surface area contributed by atoms with Gasteiger partial charge in [-0.1, -0.05) is 25.8 Å². The number of hydrogen-bond donors (Lipinski definition) is 0. The number of allylic oxidation sites excluding steroid dienone is 2. The second kappa shape index (κ2) is 9.17. The van der Waals surface area contributed by atoms with Gasteiger partial charge in [0.1, 0.15) is 12.6 Å². The quantitative estimate of drug-likeness (QED) is 0.328. The highest BCUT2D eigenvalue weighted by atomic mass is 16.1. The first kappa shape index (κ1) is 12.1. The van der Waals surface area contributed by atoms with Crippen LogP contribution in [0, 0.1) is 0 Å². The van der Waals surface area contributed by atoms with Crippen LogP contribution >= 0.6 is 0 Å². The lowest BCUT2D eigenvalue weighted by Gasteiger charge is -1.96. The first-order chi connectivity index (χ1) is 6.35. The fourth-order valence-corrected chi connectivity index (χ4v) is 1.12. The van der Waals surface area contributed by atoms with Gasteiger partial charge in [0.05, 0.1) is 0 Å². The van der Waals surface area contributed by atoms with Crippen LogP contribution < -0.4 is 0 Å². The van der Waals surface area contributed by atoms with Crippen LogP contribution in [-0.2, 0) is 9.59 Å². The molecule has 0 aromatic heterocycles. The van der Waals surface area contributed by atoms with Crippen molar-refractivity contribution < 1.29 is 9.59 Å². The van der Waals surface area contributed by atoms with E-state index < -0.39 is 0 Å². The standard InChI is InChI=1S/C11H18O2/c1-2-3-4-5-7-11(10-13)8-6-9-12/h7,9-10H,2-6,8H2,1H3. The summed E-state index contributed by atoms with van der Waals surface area (Å²) in [6.45, 7) is 2.15. The Labute approximate surface area is 80.0 Å². The third kappa shape index (κ3) is 7.44. The monoisotopic (exact) mass is 182 g/mol. The molecule has 0 saturated heterocycles. The number of carbonyl (C=O) groups is 2. The summed E-state index contributed by atoms with van der Waals surface area (Å²) in [5.74, 6) is 0. The van der Waals surface area contributed by atoms with Gasteiger partial charge in [0.15, 0.2) is 0 Å². The molecule has 0 radical (unpaired) electrons. The highest BCUT2D eigenvalue weighted by Crippen LogP contribution is 2.06. The van der Waals surface area contributed by atoms with Crippen LogP contribution in [0.15, 0.2) is 11.6 Å². The fraction of sp³-hybridized carbons (Fsp3) is 0.636. The summed E-state index contributed by atoms with van der Waals surface area (Å²) in [5, 5.41) is 0. The van der Waals surface area contributed by atoms with Crippen LogP contribution in [0.1, 0.15) is 45.4 Å². The predicted molar refractivity (Wildman–Crippen MR) is 53.6 cm³/mol. The first-order valence-electron chi connectivity index (χ1n) is 4.93. The van der Waals surface area contributed by atoms with Crippen molar-refractivity contribution in [2.45, 2.75) is 45.4 Å². The second-order valence-electron chi connectivity index (χ2n) is 3.10. The SMILES string of the molecule is CCCCCC=C(C=O)CCC=O. The Morgan fingerprint density at radius 2 is 1.92 bits per heavy atom. The van der Waals surface area contributed by atoms with E-state index in [1.807, 2.05) is 6.08 Å². The molecule has 2 heteroatoms. The Morgan fingerprint density at radius 3 is 2.46 bits per heavy atom. The number of rotatable bonds is 8. The molecule has 2 nitrogen and oxygen atoms in total. The molecule has 0 rings (SSSR count). The third-order valence-electron chi connectivity index (χ3n) is 1.92. The number of carbonyl (C=O) groups excluding carboxylic acids is 2. The molecular weight excluding hydrogens is 164 g/mol. The van der Waals surface area contributed by atoms with Gasteiger partial charge in [0.2, 0.25) is 0 Å². The molecule has 0 heterocycles. The normalized spacial score (nSPS) is 11.3. The van der Waals surface area contributed by atoms with E-state index in [1.165, 1.54) is 12.8 Å². The molecule has 0 aliphatic heterocycles. The molecule has 0 atom stereocenters. The Bertz CT molecular complexity index is 171. The summed E-state index contributed by atoms with van der Waals surface area (Å²) in [6.07, 6.45) is 9.20. The number of hydrogen-bond acceptors (Lipinski definition) is 2. The summed E-state index contributed by atoms with van der Waals surface area (Å²) in [5.41, 5.74) is 0.767. The number of aldehydes is 2. The van der Waals surface area contributed by atoms with Crippen molar-refractivity contribution in [2.24, 2.45) is 0 Å². The van der Waals surface area contributed by atoms with E-state index in [0.717, 1.165) is 31.0 Å². The van der Waals surface area contributed by atoms with Gasteiger partial charge in [0, 0.05) is 6.42 Å². The Hall–Kier alpha value is -0.920. The third-order valence-corrected chi connectivity index (χ3v) is 1.92. The van der Waals surface area contributed by atoms with Crippen LogP contribution in [0.3, 0.4) is 0 Å². The van der Waals surface area contributed by atoms with Gasteiger partial charge in [-0.15, -0.1) is 0 Å². The molecule has 0 spiro atoms. The zero-order valence-electron chi connectivity index (χ0n) is 8.29. The Morgan fingerprint density at radius 1 is 1.15 bits per heavy atom. The van der Waals surface area contributed by atoms with E-state index in [-0.39, 0.29) is 0 Å². The van der Waals surface area contributed by atoms with Crippen molar-refractivity contribution in [2.75, 3.05) is 0 Å². The molecule has 0 aromatic carbocycles. The van der Waals surface area contributed by atoms with Crippen molar-refractivity contribution in [3.8, 4) is 0 Å². The predicted octanol–water partition coefficient (Wildman–Crippen LogP) is 2.67. The lowest BCUT2D eigenvalue weighted by molar-refractivity contribution is -0.107. The fourth-order valence-electron chi connectivity index (χ4n) is 1.12. The smallest absolute Gasteiger partial charge is 0.145 e. The molecule has 0 aromatic rings. The number of unbranched alkanes of at least 4 members (excludes halogenated alkanes) is 3. The summed E-state index contributed by atoms with van der Waals surface area (Å²) in [6, 6.07) is 0. The lowest BCUT2D eigenvalue weighted by Crippen LogP contribution is -1.86. The van der Waals surface area contributed by atoms with Crippen molar-refractivity contribution in [1.29, 1.82) is 0 Å². The maximum absolute atomic E-state index is 10.5. The maximum atomic E-state index is 10.5. The minimum atomic E-state index is 0.457. The summed E-state index contributed by atoms with van der Waals surface area (Å²) >= 11 is 0. The largest absolute Gasteiger partial charge is 0.303 e. The molecule has 0 amide bonds. The van der Waals surface area contributed by atoms with Gasteiger partial charge in [0.25, 0.3) is 0 Å². The topological polar surface area (TPSA) is 34.1 Å². The maximum Gasteiger partial charge on any atom is 0.145 e. The second-order valence-corrected chi connectivity index (χ2v) is 3.10. The van der Waals surface area contributed by atoms with Crippen LogP contribution in [-0.4, -0.2) is 12.6 Å². The van der Waals surface area contributed by atoms with E-state index in [2.05, 4.69) is 6.92 Å². The van der Waals surface area contributed by atoms with Crippen LogP contribution in [0.5, 0.6) is 0 Å². The van der Waals surface area contributed by atoms with E-state index in [9.17, 15) is 9.59 Å². The lowest BCUT2D eigenvalue weighted by atomic mass is 10.1. The van der Waals surface area contributed by atoms with Crippen molar-refractivity contribution >= 4 is 12.6 Å². The summed E-state index contributed by atoms with van der Waals surface area (Å²) in [7, 11) is 0. The minimum absolute atomic E-state index is 0.457. The highest BCUT2D eigenvalue weighted by molar-refractivity contribution is 5.73. The average molecular weight is 182 g/mol. The molecule has 0 aliphatic carbocycles. The van der Waals surface area contributed by atoms with E-state index in [0.29, 0.717) is 12.8 Å². The summed E-state index contributed by atoms with van der Waals surface area (Å²) < 4.78 is 0. The van der Waals surface area contributed by atoms with Gasteiger partial charge in [-0.25, -0.2) is 0 Å². The van der Waals surface area contributed by atoms with E-state index >= 15 is 0 Å². The van der Waals surface area contributed by atoms with E-state index in [4.69, 9.17) is 0 Å². The van der Waals surface area contributed by atoms with Crippen molar-refractivity contribution in [1.82, 2.24) is 0 Å². The zero-order chi connectivity index (χ0) is 9.94. The molecular formula is C11H18O2. The molecule has 0 N–H and O–H groups in total. The van der Waals surface area contributed by atoms with Gasteiger partial charge < -0.3 is 4.79 Å².